The molecule has 0 aliphatic carbocycles. The van der Waals surface area contributed by atoms with Crippen molar-refractivity contribution in [2.45, 2.75) is 75.8 Å². The summed E-state index contributed by atoms with van der Waals surface area (Å²) in [6.07, 6.45) is 1.10. The number of anilines is 5. The summed E-state index contributed by atoms with van der Waals surface area (Å²) in [5, 5.41) is 21.0. The lowest BCUT2D eigenvalue weighted by Crippen LogP contribution is -2.45. The van der Waals surface area contributed by atoms with Crippen LogP contribution in [0.3, 0.4) is 0 Å². The number of rotatable bonds is 12. The van der Waals surface area contributed by atoms with Crippen molar-refractivity contribution in [3.8, 4) is 23.0 Å². The Morgan fingerprint density at radius 2 is 1.34 bits per heavy atom. The first-order valence-electron chi connectivity index (χ1n) is 20.7. The molecule has 4 aliphatic rings. The summed E-state index contributed by atoms with van der Waals surface area (Å²) in [5.74, 6) is 1.03. The Kier molecular flexibility index (Phi) is 10.9. The Hall–Kier alpha value is -6.38. The number of amides is 3. The number of para-hydroxylation sites is 2. The van der Waals surface area contributed by atoms with Crippen LogP contribution in [0.25, 0.3) is 0 Å². The van der Waals surface area contributed by atoms with Gasteiger partial charge in [0.1, 0.15) is 19.4 Å². The normalized spacial score (nSPS) is 18.4. The van der Waals surface area contributed by atoms with Crippen LogP contribution in [0.4, 0.5) is 28.4 Å². The number of hydrogen-bond acceptors (Lipinski definition) is 11. The number of nitrogens with one attached hydrogen (secondary N) is 3. The van der Waals surface area contributed by atoms with E-state index in [4.69, 9.17) is 18.9 Å². The molecule has 0 aromatic heterocycles. The van der Waals surface area contributed by atoms with Gasteiger partial charge in [-0.05, 0) is 84.0 Å². The van der Waals surface area contributed by atoms with Crippen molar-refractivity contribution in [2.24, 2.45) is 0 Å². The van der Waals surface area contributed by atoms with Crippen LogP contribution < -0.4 is 44.7 Å². The van der Waals surface area contributed by atoms with Crippen LogP contribution in [0.5, 0.6) is 23.0 Å². The van der Waals surface area contributed by atoms with Gasteiger partial charge in [-0.25, -0.2) is 0 Å². The number of hydrogen-bond donors (Lipinski definition) is 5. The predicted octanol–water partition coefficient (Wildman–Crippen LogP) is 7.60. The second-order valence-corrected chi connectivity index (χ2v) is 18.0. The lowest BCUT2D eigenvalue weighted by atomic mass is 10.1. The highest BCUT2D eigenvalue weighted by Gasteiger charge is 2.42. The predicted molar refractivity (Wildman–Crippen MR) is 242 cm³/mol. The molecule has 4 N–H and O–H groups in total. The van der Waals surface area contributed by atoms with E-state index in [0.29, 0.717) is 70.6 Å². The molecule has 3 atom stereocenters. The topological polar surface area (TPSA) is 151 Å². The second-order valence-electron chi connectivity index (χ2n) is 16.8. The molecule has 3 amide bonds. The summed E-state index contributed by atoms with van der Waals surface area (Å²) < 4.78 is 24.0. The summed E-state index contributed by atoms with van der Waals surface area (Å²) >= 11 is 4.59. The fraction of sp³-hybridized carbons (Fsp3) is 0.312. The molecule has 320 valence electrons. The minimum Gasteiger partial charge on any atom is -0.493 e. The Bertz CT molecular complexity index is 2590. The lowest BCUT2D eigenvalue weighted by molar-refractivity contribution is -0.116. The molecule has 62 heavy (non-hydrogen) atoms. The quantitative estimate of drug-likeness (QED) is 0.0795. The number of benzene rings is 5. The molecule has 0 bridgehead atoms. The van der Waals surface area contributed by atoms with Crippen molar-refractivity contribution in [3.05, 3.63) is 124 Å². The molecule has 13 nitrogen and oxygen atoms in total. The third-order valence-corrected chi connectivity index (χ3v) is 12.1. The molecular weight excluding hydrogens is 807 g/mol. The molecule has 5 aromatic rings. The first-order valence-corrected chi connectivity index (χ1v) is 21.2. The number of methoxy groups -OCH3 is 2. The molecule has 0 spiro atoms. The Labute approximate surface area is 365 Å². The summed E-state index contributed by atoms with van der Waals surface area (Å²) in [6.45, 7) is 4.66. The number of thiol groups is 1. The Morgan fingerprint density at radius 1 is 0.774 bits per heavy atom. The highest BCUT2D eigenvalue weighted by atomic mass is 32.1. The highest BCUT2D eigenvalue weighted by Crippen LogP contribution is 2.43. The van der Waals surface area contributed by atoms with Crippen LogP contribution >= 0.6 is 12.6 Å². The standard InChI is InChI=1S/C48H49N5O8S/c1-48(2,62)14-13-44(54)50-31-16-27(25-60-42-22-35-33(20-40(42)58-3)46(56)52-32(24-49-35)18-29-9-5-7-11-37(29)52)15-28(17-31)26-61-43-23-36-34(21-41(43)59-4)47(57)53-38-12-8-6-10-30(38)19-39(53)45(55)51-36/h5-12,15-17,20-23,32,39,45,49,51,55,62H,13-14,18-19,24-26H2,1-4H3,(H,50,54)/t32-,39-,45?/m0/s1. The van der Waals surface area contributed by atoms with Gasteiger partial charge in [0.05, 0.1) is 48.8 Å². The van der Waals surface area contributed by atoms with Crippen LogP contribution in [0, 0.1) is 0 Å². The van der Waals surface area contributed by atoms with Gasteiger partial charge in [0.2, 0.25) is 5.91 Å². The van der Waals surface area contributed by atoms with E-state index in [0.717, 1.165) is 40.0 Å². The highest BCUT2D eigenvalue weighted by molar-refractivity contribution is 7.81. The van der Waals surface area contributed by atoms with E-state index in [1.54, 1.807) is 36.3 Å². The molecule has 0 saturated carbocycles. The number of carbonyl (C=O) groups excluding carboxylic acids is 3. The number of aliphatic hydroxyl groups is 1. The minimum atomic E-state index is -1.03. The maximum absolute atomic E-state index is 14.0. The number of carbonyl (C=O) groups is 3. The average molecular weight is 856 g/mol. The summed E-state index contributed by atoms with van der Waals surface area (Å²) in [7, 11) is 3.05. The molecule has 4 heterocycles. The minimum absolute atomic E-state index is 0.0212. The van der Waals surface area contributed by atoms with Crippen LogP contribution in [0.2, 0.25) is 0 Å². The average Bonchev–Trinajstić information content (AvgIpc) is 3.78. The van der Waals surface area contributed by atoms with E-state index in [2.05, 4.69) is 34.6 Å². The number of ether oxygens (including phenoxy) is 4. The molecule has 0 radical (unpaired) electrons. The smallest absolute Gasteiger partial charge is 0.260 e. The van der Waals surface area contributed by atoms with Crippen molar-refractivity contribution in [3.63, 3.8) is 0 Å². The first kappa shape index (κ1) is 41.0. The maximum Gasteiger partial charge on any atom is 0.260 e. The fourth-order valence-corrected chi connectivity index (χ4v) is 8.93. The summed E-state index contributed by atoms with van der Waals surface area (Å²) in [6, 6.07) is 27.6. The van der Waals surface area contributed by atoms with Crippen molar-refractivity contribution < 1.29 is 38.4 Å². The molecule has 14 heteroatoms. The van der Waals surface area contributed by atoms with Gasteiger partial charge < -0.3 is 49.8 Å². The van der Waals surface area contributed by atoms with Gasteiger partial charge in [-0.15, -0.1) is 0 Å². The van der Waals surface area contributed by atoms with Gasteiger partial charge in [0.25, 0.3) is 11.8 Å². The SMILES string of the molecule is COc1cc2c(cc1OCc1cc(COc3cc4c(cc3OC)C(=O)N3c5ccccc5C[C@H]3C(O)N4)cc(NC(=O)CCC(C)(C)S)c1)NC[C@@H]1Cc3ccccc3N1C2=O. The van der Waals surface area contributed by atoms with Gasteiger partial charge >= 0.3 is 0 Å². The molecule has 9 rings (SSSR count). The van der Waals surface area contributed by atoms with E-state index < -0.39 is 12.3 Å². The Balaban J connectivity index is 0.972. The summed E-state index contributed by atoms with van der Waals surface area (Å²) in [5.41, 5.74) is 7.77. The molecule has 0 fully saturated rings. The lowest BCUT2D eigenvalue weighted by Gasteiger charge is -2.26. The fourth-order valence-electron chi connectivity index (χ4n) is 8.82. The van der Waals surface area contributed by atoms with Crippen LogP contribution in [-0.4, -0.2) is 66.7 Å². The second kappa shape index (κ2) is 16.5. The largest absolute Gasteiger partial charge is 0.493 e. The first-order chi connectivity index (χ1) is 29.9. The number of aliphatic hydroxyl groups excluding tert-OH is 1. The van der Waals surface area contributed by atoms with Crippen LogP contribution in [-0.2, 0) is 30.8 Å². The third kappa shape index (κ3) is 7.95. The van der Waals surface area contributed by atoms with Gasteiger partial charge in [0, 0.05) is 46.9 Å². The maximum atomic E-state index is 14.0. The van der Waals surface area contributed by atoms with E-state index in [9.17, 15) is 19.5 Å². The van der Waals surface area contributed by atoms with Gasteiger partial charge in [-0.1, -0.05) is 50.2 Å². The van der Waals surface area contributed by atoms with Crippen molar-refractivity contribution in [1.29, 1.82) is 0 Å². The van der Waals surface area contributed by atoms with Gasteiger partial charge in [0.15, 0.2) is 23.0 Å². The number of fused-ring (bicyclic) bond motifs is 8. The van der Waals surface area contributed by atoms with Crippen LogP contribution in [0.15, 0.2) is 91.0 Å². The molecule has 0 saturated heterocycles. The summed E-state index contributed by atoms with van der Waals surface area (Å²) in [4.78, 5) is 44.7. The Morgan fingerprint density at radius 3 is 1.97 bits per heavy atom. The molecule has 1 unspecified atom stereocenters. The van der Waals surface area contributed by atoms with Crippen molar-refractivity contribution >= 4 is 58.8 Å². The van der Waals surface area contributed by atoms with Crippen LogP contribution in [0.1, 0.15) is 69.7 Å². The van der Waals surface area contributed by atoms with Gasteiger partial charge in [-0.2, -0.15) is 12.6 Å². The van der Waals surface area contributed by atoms with E-state index in [1.807, 2.05) is 79.4 Å². The zero-order valence-electron chi connectivity index (χ0n) is 35.0. The number of nitrogens with zero attached hydrogens (tertiary/aromatic N) is 2. The van der Waals surface area contributed by atoms with Crippen molar-refractivity contribution in [2.75, 3.05) is 46.5 Å². The third-order valence-electron chi connectivity index (χ3n) is 11.9. The van der Waals surface area contributed by atoms with E-state index in [1.165, 1.54) is 7.11 Å². The molecular formula is C48H49N5O8S. The van der Waals surface area contributed by atoms with Gasteiger partial charge in [-0.3, -0.25) is 14.4 Å². The van der Waals surface area contributed by atoms with E-state index in [-0.39, 0.29) is 48.1 Å². The van der Waals surface area contributed by atoms with Crippen molar-refractivity contribution in [1.82, 2.24) is 0 Å². The zero-order valence-corrected chi connectivity index (χ0v) is 35.9. The molecule has 5 aromatic carbocycles. The molecule has 4 aliphatic heterocycles. The monoisotopic (exact) mass is 855 g/mol. The zero-order chi connectivity index (χ0) is 43.3. The van der Waals surface area contributed by atoms with E-state index >= 15 is 0 Å².